The molecule has 0 radical (unpaired) electrons. The van der Waals surface area contributed by atoms with E-state index < -0.39 is 0 Å². The van der Waals surface area contributed by atoms with Crippen LogP contribution in [0.4, 0.5) is 0 Å². The molecular weight excluding hydrogens is 258 g/mol. The summed E-state index contributed by atoms with van der Waals surface area (Å²) in [7, 11) is 0. The van der Waals surface area contributed by atoms with Gasteiger partial charge in [-0.3, -0.25) is 9.69 Å². The van der Waals surface area contributed by atoms with Gasteiger partial charge in [-0.25, -0.2) is 0 Å². The number of hydrogen-bond acceptors (Lipinski definition) is 2. The number of carbonyl (C=O) groups is 1. The van der Waals surface area contributed by atoms with E-state index in [9.17, 15) is 4.79 Å². The molecule has 2 aromatic rings. The first-order valence-electron chi connectivity index (χ1n) is 7.30. The van der Waals surface area contributed by atoms with Gasteiger partial charge in [0.2, 0.25) is 0 Å². The lowest BCUT2D eigenvalue weighted by Gasteiger charge is -2.18. The van der Waals surface area contributed by atoms with E-state index in [0.29, 0.717) is 0 Å². The maximum Gasteiger partial charge on any atom is 0.150 e. The Morgan fingerprint density at radius 1 is 0.952 bits per heavy atom. The first kappa shape index (κ1) is 15.2. The van der Waals surface area contributed by atoms with Crippen molar-refractivity contribution in [3.63, 3.8) is 0 Å². The number of carbonyl (C=O) groups excluding carboxylic acids is 1. The lowest BCUT2D eigenvalue weighted by molar-refractivity contribution is 0.112. The lowest BCUT2D eigenvalue weighted by Crippen LogP contribution is -2.22. The molecule has 0 saturated heterocycles. The van der Waals surface area contributed by atoms with Gasteiger partial charge < -0.3 is 0 Å². The molecule has 0 amide bonds. The lowest BCUT2D eigenvalue weighted by atomic mass is 10.1. The summed E-state index contributed by atoms with van der Waals surface area (Å²) in [5.41, 5.74) is 3.19. The van der Waals surface area contributed by atoms with Crippen LogP contribution in [0.25, 0.3) is 6.08 Å². The first-order valence-corrected chi connectivity index (χ1v) is 7.30. The molecule has 2 rings (SSSR count). The van der Waals surface area contributed by atoms with Gasteiger partial charge in [0.25, 0.3) is 0 Å². The highest BCUT2D eigenvalue weighted by Gasteiger charge is 2.01. The van der Waals surface area contributed by atoms with Crippen molar-refractivity contribution in [3.8, 4) is 0 Å². The largest absolute Gasteiger partial charge is 0.298 e. The van der Waals surface area contributed by atoms with Crippen LogP contribution in [0.3, 0.4) is 0 Å². The second kappa shape index (κ2) is 8.18. The molecule has 0 aliphatic heterocycles. The molecule has 108 valence electrons. The van der Waals surface area contributed by atoms with E-state index in [-0.39, 0.29) is 0 Å². The van der Waals surface area contributed by atoms with Crippen LogP contribution < -0.4 is 0 Å². The molecule has 0 aliphatic rings. The number of nitrogens with zero attached hydrogens (tertiary/aromatic N) is 1. The third-order valence-electron chi connectivity index (χ3n) is 3.44. The summed E-state index contributed by atoms with van der Waals surface area (Å²) in [4.78, 5) is 13.0. The quantitative estimate of drug-likeness (QED) is 0.713. The van der Waals surface area contributed by atoms with Gasteiger partial charge in [0, 0.05) is 18.7 Å². The standard InChI is InChI=1S/C19H21NO/c1-2-20(14-6-9-17-7-4-3-5-8-17)15-18-10-12-19(16-21)13-11-18/h3-13,16H,2,14-15H2,1H3/b9-6+. The number of rotatable bonds is 7. The molecule has 0 bridgehead atoms. The van der Waals surface area contributed by atoms with Gasteiger partial charge in [0.15, 0.2) is 0 Å². The minimum atomic E-state index is 0.728. The second-order valence-electron chi connectivity index (χ2n) is 5.00. The van der Waals surface area contributed by atoms with Crippen molar-refractivity contribution in [3.05, 3.63) is 77.4 Å². The molecule has 0 atom stereocenters. The van der Waals surface area contributed by atoms with Crippen LogP contribution in [0.5, 0.6) is 0 Å². The Labute approximate surface area is 126 Å². The molecule has 0 N–H and O–H groups in total. The number of aldehydes is 1. The Morgan fingerprint density at radius 3 is 2.29 bits per heavy atom. The van der Waals surface area contributed by atoms with E-state index >= 15 is 0 Å². The number of hydrogen-bond donors (Lipinski definition) is 0. The molecule has 2 aromatic carbocycles. The van der Waals surface area contributed by atoms with E-state index in [1.165, 1.54) is 11.1 Å². The summed E-state index contributed by atoms with van der Waals surface area (Å²) in [5, 5.41) is 0. The van der Waals surface area contributed by atoms with Crippen molar-refractivity contribution < 1.29 is 4.79 Å². The Kier molecular flexibility index (Phi) is 5.92. The van der Waals surface area contributed by atoms with Crippen LogP contribution in [0.15, 0.2) is 60.7 Å². The van der Waals surface area contributed by atoms with E-state index in [2.05, 4.69) is 36.1 Å². The summed E-state index contributed by atoms with van der Waals surface area (Å²) >= 11 is 0. The highest BCUT2D eigenvalue weighted by atomic mass is 16.1. The Bertz CT molecular complexity index is 572. The normalized spacial score (nSPS) is 11.1. The summed E-state index contributed by atoms with van der Waals surface area (Å²) < 4.78 is 0. The second-order valence-corrected chi connectivity index (χ2v) is 5.00. The first-order chi connectivity index (χ1) is 10.3. The molecule has 2 heteroatoms. The average Bonchev–Trinajstić information content (AvgIpc) is 2.55. The number of likely N-dealkylation sites (N-methyl/N-ethyl adjacent to an activating group) is 1. The van der Waals surface area contributed by atoms with E-state index in [0.717, 1.165) is 31.5 Å². The Balaban J connectivity index is 1.90. The van der Waals surface area contributed by atoms with Gasteiger partial charge in [0.1, 0.15) is 6.29 Å². The SMILES string of the molecule is CCN(C/C=C/c1ccccc1)Cc1ccc(C=O)cc1. The highest BCUT2D eigenvalue weighted by Crippen LogP contribution is 2.07. The van der Waals surface area contributed by atoms with Crippen molar-refractivity contribution in [2.24, 2.45) is 0 Å². The van der Waals surface area contributed by atoms with Crippen molar-refractivity contribution in [2.45, 2.75) is 13.5 Å². The van der Waals surface area contributed by atoms with Crippen LogP contribution >= 0.6 is 0 Å². The molecule has 0 saturated carbocycles. The molecule has 0 aromatic heterocycles. The zero-order valence-electron chi connectivity index (χ0n) is 12.4. The van der Waals surface area contributed by atoms with Crippen LogP contribution in [0.1, 0.15) is 28.4 Å². The van der Waals surface area contributed by atoms with E-state index in [4.69, 9.17) is 0 Å². The van der Waals surface area contributed by atoms with E-state index in [1.807, 2.05) is 42.5 Å². The van der Waals surface area contributed by atoms with Gasteiger partial charge in [-0.05, 0) is 17.7 Å². The van der Waals surface area contributed by atoms with Crippen LogP contribution in [-0.4, -0.2) is 24.3 Å². The average molecular weight is 279 g/mol. The minimum absolute atomic E-state index is 0.728. The molecule has 21 heavy (non-hydrogen) atoms. The fourth-order valence-electron chi connectivity index (χ4n) is 2.17. The molecular formula is C19H21NO. The van der Waals surface area contributed by atoms with Crippen LogP contribution in [-0.2, 0) is 6.54 Å². The van der Waals surface area contributed by atoms with Crippen molar-refractivity contribution in [2.75, 3.05) is 13.1 Å². The maximum absolute atomic E-state index is 10.7. The molecule has 0 unspecified atom stereocenters. The van der Waals surface area contributed by atoms with Crippen molar-refractivity contribution in [1.82, 2.24) is 4.90 Å². The Hall–Kier alpha value is -2.19. The summed E-state index contributed by atoms with van der Waals surface area (Å²) in [6.07, 6.45) is 5.22. The topological polar surface area (TPSA) is 20.3 Å². The maximum atomic E-state index is 10.7. The Morgan fingerprint density at radius 2 is 1.67 bits per heavy atom. The zero-order valence-corrected chi connectivity index (χ0v) is 12.4. The molecule has 0 aliphatic carbocycles. The predicted octanol–water partition coefficient (Wildman–Crippen LogP) is 4.03. The predicted molar refractivity (Wildman–Crippen MR) is 88.3 cm³/mol. The third-order valence-corrected chi connectivity index (χ3v) is 3.44. The smallest absolute Gasteiger partial charge is 0.150 e. The number of benzene rings is 2. The summed E-state index contributed by atoms with van der Waals surface area (Å²) in [6, 6.07) is 18.1. The molecule has 0 heterocycles. The van der Waals surface area contributed by atoms with Crippen molar-refractivity contribution >= 4 is 12.4 Å². The molecule has 0 fully saturated rings. The minimum Gasteiger partial charge on any atom is -0.298 e. The fourth-order valence-corrected chi connectivity index (χ4v) is 2.17. The van der Waals surface area contributed by atoms with Gasteiger partial charge in [0.05, 0.1) is 0 Å². The van der Waals surface area contributed by atoms with E-state index in [1.54, 1.807) is 0 Å². The zero-order chi connectivity index (χ0) is 14.9. The van der Waals surface area contributed by atoms with Gasteiger partial charge in [-0.2, -0.15) is 0 Å². The highest BCUT2D eigenvalue weighted by molar-refractivity contribution is 5.74. The van der Waals surface area contributed by atoms with Crippen LogP contribution in [0, 0.1) is 0 Å². The summed E-state index contributed by atoms with van der Waals surface area (Å²) in [5.74, 6) is 0. The van der Waals surface area contributed by atoms with Crippen LogP contribution in [0.2, 0.25) is 0 Å². The monoisotopic (exact) mass is 279 g/mol. The van der Waals surface area contributed by atoms with Crippen molar-refractivity contribution in [1.29, 1.82) is 0 Å². The fraction of sp³-hybridized carbons (Fsp3) is 0.211. The molecule has 2 nitrogen and oxygen atoms in total. The third kappa shape index (κ3) is 5.01. The van der Waals surface area contributed by atoms with Gasteiger partial charge in [-0.1, -0.05) is 73.7 Å². The van der Waals surface area contributed by atoms with Gasteiger partial charge >= 0.3 is 0 Å². The van der Waals surface area contributed by atoms with Gasteiger partial charge in [-0.15, -0.1) is 0 Å². The molecule has 0 spiro atoms. The summed E-state index contributed by atoms with van der Waals surface area (Å²) in [6.45, 7) is 4.97.